The van der Waals surface area contributed by atoms with Crippen molar-refractivity contribution in [3.63, 3.8) is 0 Å². The monoisotopic (exact) mass is 1020 g/mol. The molecule has 7 rings (SSSR count). The number of amides is 3. The number of fused-ring (bicyclic) bond motifs is 1. The van der Waals surface area contributed by atoms with Gasteiger partial charge in [-0.3, -0.25) is 23.8 Å². The Balaban J connectivity index is 0.793. The maximum atomic E-state index is 14.4. The smallest absolute Gasteiger partial charge is 0.296 e. The molecule has 2 aliphatic heterocycles. The van der Waals surface area contributed by atoms with E-state index in [1.165, 1.54) is 16.7 Å². The van der Waals surface area contributed by atoms with Gasteiger partial charge in [0.15, 0.2) is 17.5 Å². The highest BCUT2D eigenvalue weighted by molar-refractivity contribution is 14.1. The Hall–Kier alpha value is -5.79. The number of carbonyl (C=O) groups excluding carboxylic acids is 3. The number of nitrogens with zero attached hydrogens (tertiary/aromatic N) is 8. The molecule has 3 amide bonds. The van der Waals surface area contributed by atoms with Gasteiger partial charge in [-0.25, -0.2) is 32.4 Å². The van der Waals surface area contributed by atoms with Crippen LogP contribution in [0.5, 0.6) is 0 Å². The number of para-hydroxylation sites is 2. The van der Waals surface area contributed by atoms with E-state index in [-0.39, 0.29) is 54.4 Å². The van der Waals surface area contributed by atoms with Crippen LogP contribution in [-0.2, 0) is 19.2 Å². The predicted molar refractivity (Wildman–Crippen MR) is 238 cm³/mol. The van der Waals surface area contributed by atoms with Crippen LogP contribution in [0, 0.1) is 21.0 Å². The largest absolute Gasteiger partial charge is 0.378 e. The van der Waals surface area contributed by atoms with Gasteiger partial charge in [0.2, 0.25) is 29.7 Å². The summed E-state index contributed by atoms with van der Waals surface area (Å²) in [6, 6.07) is 12.4. The van der Waals surface area contributed by atoms with Crippen molar-refractivity contribution in [3.8, 4) is 5.95 Å². The second-order valence-corrected chi connectivity index (χ2v) is 16.2. The number of piperazine rings is 1. The van der Waals surface area contributed by atoms with Gasteiger partial charge in [-0.05, 0) is 78.4 Å². The number of hydrogen-bond acceptors (Lipinski definition) is 13. The van der Waals surface area contributed by atoms with Gasteiger partial charge in [0.1, 0.15) is 5.82 Å². The molecule has 2 aromatic heterocycles. The maximum Gasteiger partial charge on any atom is 0.296 e. The fourth-order valence-corrected chi connectivity index (χ4v) is 7.61. The molecular formula is C42H46F5IN12O5. The summed E-state index contributed by atoms with van der Waals surface area (Å²) >= 11 is 1.92. The molecule has 23 heteroatoms. The molecule has 2 fully saturated rings. The van der Waals surface area contributed by atoms with Gasteiger partial charge < -0.3 is 35.4 Å². The van der Waals surface area contributed by atoms with Gasteiger partial charge in [-0.2, -0.15) is 15.0 Å². The number of benzene rings is 3. The lowest BCUT2D eigenvalue weighted by atomic mass is 10.1. The maximum absolute atomic E-state index is 14.4. The number of morpholine rings is 1. The minimum Gasteiger partial charge on any atom is -0.378 e. The summed E-state index contributed by atoms with van der Waals surface area (Å²) in [4.78, 5) is 67.1. The highest BCUT2D eigenvalue weighted by Crippen LogP contribution is 2.30. The molecule has 0 spiro atoms. The van der Waals surface area contributed by atoms with Crippen LogP contribution in [-0.4, -0.2) is 126 Å². The molecule has 0 unspecified atom stereocenters. The minimum atomic E-state index is -2.87. The van der Waals surface area contributed by atoms with E-state index >= 15 is 0 Å². The number of carbonyl (C=O) groups is 3. The predicted octanol–water partition coefficient (Wildman–Crippen LogP) is 5.03. The van der Waals surface area contributed by atoms with Gasteiger partial charge in [0.25, 0.3) is 12.3 Å². The third-order valence-electron chi connectivity index (χ3n) is 10.5. The fourth-order valence-electron chi connectivity index (χ4n) is 7.16. The molecule has 0 atom stereocenters. The summed E-state index contributed by atoms with van der Waals surface area (Å²) in [6.45, 7) is 4.19. The zero-order chi connectivity index (χ0) is 45.9. The molecule has 17 nitrogen and oxygen atoms in total. The summed E-state index contributed by atoms with van der Waals surface area (Å²) in [5, 5.41) is 8.28. The molecule has 2 aliphatic rings. The minimum absolute atomic E-state index is 0.0199. The Labute approximate surface area is 383 Å². The first-order chi connectivity index (χ1) is 31.4. The lowest BCUT2D eigenvalue weighted by Crippen LogP contribution is -2.49. The Kier molecular flexibility index (Phi) is 16.3. The number of halogens is 6. The first kappa shape index (κ1) is 47.2. The number of nitrogens with one attached hydrogen (secondary N) is 4. The lowest BCUT2D eigenvalue weighted by molar-refractivity contribution is -0.131. The van der Waals surface area contributed by atoms with Gasteiger partial charge >= 0.3 is 0 Å². The quantitative estimate of drug-likeness (QED) is 0.0375. The van der Waals surface area contributed by atoms with Gasteiger partial charge in [-0.15, -0.1) is 0 Å². The zero-order valence-electron chi connectivity index (χ0n) is 35.0. The lowest BCUT2D eigenvalue weighted by Gasteiger charge is -2.35. The summed E-state index contributed by atoms with van der Waals surface area (Å²) < 4.78 is 78.3. The van der Waals surface area contributed by atoms with Crippen LogP contribution in [0.1, 0.15) is 48.3 Å². The van der Waals surface area contributed by atoms with Crippen molar-refractivity contribution in [1.29, 1.82) is 0 Å². The molecule has 346 valence electrons. The van der Waals surface area contributed by atoms with Crippen molar-refractivity contribution in [1.82, 2.24) is 45.5 Å². The summed E-state index contributed by atoms with van der Waals surface area (Å²) in [5.41, 5.74) is 2.39. The van der Waals surface area contributed by atoms with Crippen LogP contribution >= 0.6 is 22.6 Å². The van der Waals surface area contributed by atoms with Crippen molar-refractivity contribution >= 4 is 74.6 Å². The van der Waals surface area contributed by atoms with Crippen LogP contribution in [0.4, 0.5) is 45.2 Å². The Morgan fingerprint density at radius 1 is 0.769 bits per heavy atom. The second kappa shape index (κ2) is 22.4. The van der Waals surface area contributed by atoms with Crippen molar-refractivity contribution in [2.24, 2.45) is 0 Å². The van der Waals surface area contributed by atoms with Gasteiger partial charge in [-0.1, -0.05) is 18.6 Å². The normalized spacial score (nSPS) is 14.3. The van der Waals surface area contributed by atoms with Crippen molar-refractivity contribution in [2.45, 2.75) is 32.1 Å². The summed E-state index contributed by atoms with van der Waals surface area (Å²) in [7, 11) is 0. The molecule has 0 saturated carbocycles. The van der Waals surface area contributed by atoms with Crippen molar-refractivity contribution in [3.05, 3.63) is 87.0 Å². The Bertz CT molecular complexity index is 2470. The fraction of sp³-hybridized carbons (Fsp3) is 0.405. The van der Waals surface area contributed by atoms with E-state index in [1.807, 2.05) is 32.4 Å². The number of alkyl halides is 2. The topological polar surface area (TPSA) is 184 Å². The number of hydroxylamine groups is 1. The molecule has 0 radical (unpaired) electrons. The highest BCUT2D eigenvalue weighted by atomic mass is 127. The molecule has 4 N–H and O–H groups in total. The van der Waals surface area contributed by atoms with Gasteiger partial charge in [0.05, 0.1) is 54.3 Å². The van der Waals surface area contributed by atoms with Crippen LogP contribution < -0.4 is 31.2 Å². The molecule has 5 aromatic rings. The third-order valence-corrected chi connectivity index (χ3v) is 11.2. The molecule has 65 heavy (non-hydrogen) atoms. The van der Waals surface area contributed by atoms with Gasteiger partial charge in [0, 0.05) is 61.9 Å². The number of unbranched alkanes of at least 4 members (excludes halogenated alkanes) is 2. The average Bonchev–Trinajstić information content (AvgIpc) is 3.71. The first-order valence-corrected chi connectivity index (χ1v) is 22.0. The van der Waals surface area contributed by atoms with E-state index < -0.39 is 35.6 Å². The Morgan fingerprint density at radius 3 is 2.22 bits per heavy atom. The van der Waals surface area contributed by atoms with Crippen LogP contribution in [0.25, 0.3) is 17.0 Å². The molecule has 0 bridgehead atoms. The number of anilines is 4. The van der Waals surface area contributed by atoms with E-state index in [2.05, 4.69) is 36.4 Å². The van der Waals surface area contributed by atoms with Crippen molar-refractivity contribution < 1.29 is 45.9 Å². The molecule has 0 aliphatic carbocycles. The molecule has 4 heterocycles. The second-order valence-electron chi connectivity index (χ2n) is 15.0. The van der Waals surface area contributed by atoms with E-state index in [0.29, 0.717) is 104 Å². The van der Waals surface area contributed by atoms with Crippen LogP contribution in [0.3, 0.4) is 0 Å². The van der Waals surface area contributed by atoms with E-state index in [0.717, 1.165) is 18.9 Å². The summed E-state index contributed by atoms with van der Waals surface area (Å²) in [6.07, 6.45) is -0.371. The zero-order valence-corrected chi connectivity index (χ0v) is 37.1. The van der Waals surface area contributed by atoms with Crippen LogP contribution in [0.2, 0.25) is 0 Å². The molecule has 2 saturated heterocycles. The van der Waals surface area contributed by atoms with E-state index in [9.17, 15) is 36.3 Å². The number of rotatable bonds is 19. The number of aromatic nitrogens is 5. The first-order valence-electron chi connectivity index (χ1n) is 20.9. The number of ether oxygens (including phenoxy) is 1. The third kappa shape index (κ3) is 12.3. The SMILES string of the molecule is O=C(CNCCCCCC(=O)N1CCN(c2nc(N3CCOCC3)nc(-n3c(C(F)F)nc4ccccc43)n2)CC1)NCCONC(=O)c1cc(F)c(F)cc1Nc1ccc(I)cc1F. The standard InChI is InChI=1S/C42H46F5IN12O5/c43-28-23-27(33(24-29(28)44)51-31-10-9-26(48)22-30(31)45)39(63)56-65-19-12-50-35(61)25-49-11-5-1-2-8-36(62)57-13-15-58(16-14-57)40-53-41(59-17-20-64-21-18-59)55-42(54-40)60-34-7-4-3-6-32(34)52-38(60)37(46)47/h3-4,6-7,9-10,22-24,37,49,51H,1-2,5,8,11-21,25H2,(H,50,61)(H,56,63). The molecular weight excluding hydrogens is 974 g/mol. The number of imidazole rings is 1. The van der Waals surface area contributed by atoms with Crippen molar-refractivity contribution in [2.75, 3.05) is 93.8 Å². The highest BCUT2D eigenvalue weighted by Gasteiger charge is 2.28. The summed E-state index contributed by atoms with van der Waals surface area (Å²) in [5.74, 6) is -4.15. The Morgan fingerprint density at radius 2 is 1.48 bits per heavy atom. The average molecular weight is 1020 g/mol. The van der Waals surface area contributed by atoms with E-state index in [1.54, 1.807) is 35.2 Å². The number of hydrogen-bond donors (Lipinski definition) is 4. The van der Waals surface area contributed by atoms with Crippen LogP contribution in [0.15, 0.2) is 54.6 Å². The van der Waals surface area contributed by atoms with E-state index in [4.69, 9.17) is 14.6 Å². The molecule has 3 aromatic carbocycles.